The summed E-state index contributed by atoms with van der Waals surface area (Å²) in [6.07, 6.45) is 0. The lowest BCUT2D eigenvalue weighted by molar-refractivity contribution is -0.121. The zero-order valence-electron chi connectivity index (χ0n) is 8.80. The molecule has 0 bridgehead atoms. The largest absolute Gasteiger partial charge is 0.483 e. The van der Waals surface area contributed by atoms with Crippen molar-refractivity contribution in [2.75, 3.05) is 6.61 Å². The molecule has 0 saturated carbocycles. The van der Waals surface area contributed by atoms with E-state index in [-0.39, 0.29) is 11.6 Å². The first-order chi connectivity index (χ1) is 8.00. The topological polar surface area (TPSA) is 107 Å². The maximum atomic E-state index is 11.1. The van der Waals surface area contributed by atoms with Crippen LogP contribution >= 0.6 is 12.2 Å². The lowest BCUT2D eigenvalue weighted by atomic mass is 10.2. The number of hydrogen-bond acceptors (Lipinski definition) is 4. The van der Waals surface area contributed by atoms with Gasteiger partial charge < -0.3 is 16.2 Å². The third-order valence-corrected chi connectivity index (χ3v) is 1.99. The molecule has 0 aliphatic carbocycles. The van der Waals surface area contributed by atoms with Crippen LogP contribution in [-0.2, 0) is 4.79 Å². The number of hydrogen-bond donors (Lipinski definition) is 3. The summed E-state index contributed by atoms with van der Waals surface area (Å²) in [4.78, 5) is 21.7. The average Bonchev–Trinajstić information content (AvgIpc) is 2.25. The van der Waals surface area contributed by atoms with Crippen molar-refractivity contribution in [1.82, 2.24) is 5.32 Å². The molecule has 0 radical (unpaired) electrons. The van der Waals surface area contributed by atoms with Gasteiger partial charge in [0.05, 0.1) is 5.56 Å². The van der Waals surface area contributed by atoms with Crippen molar-refractivity contribution in [3.63, 3.8) is 0 Å². The fourth-order valence-electron chi connectivity index (χ4n) is 1.11. The smallest absolute Gasteiger partial charge is 0.318 e. The summed E-state index contributed by atoms with van der Waals surface area (Å²) >= 11 is 4.82. The molecule has 0 saturated heterocycles. The van der Waals surface area contributed by atoms with Crippen LogP contribution in [0.25, 0.3) is 0 Å². The summed E-state index contributed by atoms with van der Waals surface area (Å²) in [5.41, 5.74) is 10.8. The molecule has 7 heteroatoms. The van der Waals surface area contributed by atoms with Gasteiger partial charge in [-0.15, -0.1) is 0 Å². The number of nitrogens with one attached hydrogen (secondary N) is 1. The van der Waals surface area contributed by atoms with Gasteiger partial charge in [-0.1, -0.05) is 24.4 Å². The molecule has 0 aliphatic heterocycles. The molecule has 1 aromatic rings. The maximum absolute atomic E-state index is 11.1. The maximum Gasteiger partial charge on any atom is 0.318 e. The van der Waals surface area contributed by atoms with E-state index in [1.54, 1.807) is 24.3 Å². The second-order valence-electron chi connectivity index (χ2n) is 3.06. The van der Waals surface area contributed by atoms with Gasteiger partial charge in [0.2, 0.25) is 0 Å². The van der Waals surface area contributed by atoms with Crippen LogP contribution in [0.15, 0.2) is 24.3 Å². The highest BCUT2D eigenvalue weighted by Crippen LogP contribution is 2.17. The Labute approximate surface area is 103 Å². The molecular formula is C10H11N3O3S. The molecule has 6 nitrogen and oxygen atoms in total. The van der Waals surface area contributed by atoms with E-state index < -0.39 is 11.9 Å². The van der Waals surface area contributed by atoms with E-state index in [1.165, 1.54) is 0 Å². The van der Waals surface area contributed by atoms with Crippen molar-refractivity contribution >= 4 is 29.1 Å². The Balaban J connectivity index is 2.66. The predicted octanol–water partition coefficient (Wildman–Crippen LogP) is -0.106. The van der Waals surface area contributed by atoms with E-state index in [2.05, 4.69) is 0 Å². The highest BCUT2D eigenvalue weighted by Gasteiger charge is 2.09. The van der Waals surface area contributed by atoms with Gasteiger partial charge >= 0.3 is 6.03 Å². The molecule has 1 rings (SSSR count). The van der Waals surface area contributed by atoms with Crippen LogP contribution < -0.4 is 21.5 Å². The zero-order chi connectivity index (χ0) is 12.8. The van der Waals surface area contributed by atoms with Gasteiger partial charge in [-0.25, -0.2) is 4.79 Å². The van der Waals surface area contributed by atoms with Crippen LogP contribution in [0.3, 0.4) is 0 Å². The summed E-state index contributed by atoms with van der Waals surface area (Å²) in [5, 5.41) is 1.87. The second-order valence-corrected chi connectivity index (χ2v) is 3.50. The van der Waals surface area contributed by atoms with Crippen molar-refractivity contribution in [3.8, 4) is 5.75 Å². The monoisotopic (exact) mass is 253 g/mol. The molecule has 3 amide bonds. The van der Waals surface area contributed by atoms with Gasteiger partial charge in [0.25, 0.3) is 5.91 Å². The van der Waals surface area contributed by atoms with Crippen molar-refractivity contribution < 1.29 is 14.3 Å². The highest BCUT2D eigenvalue weighted by molar-refractivity contribution is 7.80. The van der Waals surface area contributed by atoms with Crippen LogP contribution in [0.1, 0.15) is 5.56 Å². The Morgan fingerprint density at radius 1 is 1.29 bits per heavy atom. The van der Waals surface area contributed by atoms with Crippen LogP contribution in [0.5, 0.6) is 5.75 Å². The number of amides is 3. The summed E-state index contributed by atoms with van der Waals surface area (Å²) in [5.74, 6) is -0.269. The lowest BCUT2D eigenvalue weighted by Gasteiger charge is -2.09. The minimum atomic E-state index is -0.929. The Hall–Kier alpha value is -2.15. The van der Waals surface area contributed by atoms with Crippen LogP contribution in [0.2, 0.25) is 0 Å². The molecule has 0 aromatic heterocycles. The Morgan fingerprint density at radius 3 is 2.53 bits per heavy atom. The molecular weight excluding hydrogens is 242 g/mol. The molecule has 0 unspecified atom stereocenters. The summed E-state index contributed by atoms with van der Waals surface area (Å²) in [7, 11) is 0. The molecule has 5 N–H and O–H groups in total. The van der Waals surface area contributed by atoms with Gasteiger partial charge in [-0.3, -0.25) is 10.1 Å². The van der Waals surface area contributed by atoms with E-state index >= 15 is 0 Å². The summed E-state index contributed by atoms with van der Waals surface area (Å²) < 4.78 is 5.17. The van der Waals surface area contributed by atoms with Gasteiger partial charge in [-0.2, -0.15) is 0 Å². The standard InChI is InChI=1S/C10H11N3O3S/c11-9(17)6-3-1-2-4-7(6)16-5-8(14)13-10(12)15/h1-4H,5H2,(H2,11,17)(H3,12,13,14,15). The molecule has 0 fully saturated rings. The highest BCUT2D eigenvalue weighted by atomic mass is 32.1. The third kappa shape index (κ3) is 4.07. The Kier molecular flexibility index (Phi) is 4.41. The molecule has 0 aliphatic rings. The average molecular weight is 253 g/mol. The Morgan fingerprint density at radius 2 is 1.94 bits per heavy atom. The summed E-state index contributed by atoms with van der Waals surface area (Å²) in [6, 6.07) is 5.81. The Bertz CT molecular complexity index is 462. The number of thiocarbonyl (C=S) groups is 1. The van der Waals surface area contributed by atoms with Crippen LogP contribution in [0.4, 0.5) is 4.79 Å². The molecule has 0 atom stereocenters. The van der Waals surface area contributed by atoms with Crippen molar-refractivity contribution in [1.29, 1.82) is 0 Å². The number of primary amides is 1. The number of imide groups is 1. The zero-order valence-corrected chi connectivity index (χ0v) is 9.62. The van der Waals surface area contributed by atoms with E-state index in [9.17, 15) is 9.59 Å². The van der Waals surface area contributed by atoms with E-state index in [0.717, 1.165) is 0 Å². The number of benzene rings is 1. The van der Waals surface area contributed by atoms with Crippen LogP contribution in [0, 0.1) is 0 Å². The number of rotatable bonds is 4. The molecule has 0 spiro atoms. The number of carbonyl (C=O) groups is 2. The van der Waals surface area contributed by atoms with Gasteiger partial charge in [0.1, 0.15) is 10.7 Å². The third-order valence-electron chi connectivity index (χ3n) is 1.77. The number of para-hydroxylation sites is 1. The van der Waals surface area contributed by atoms with Gasteiger partial charge in [-0.05, 0) is 12.1 Å². The quantitative estimate of drug-likeness (QED) is 0.649. The fraction of sp³-hybridized carbons (Fsp3) is 0.100. The second kappa shape index (κ2) is 5.80. The van der Waals surface area contributed by atoms with Crippen LogP contribution in [-0.4, -0.2) is 23.5 Å². The van der Waals surface area contributed by atoms with Crippen molar-refractivity contribution in [2.45, 2.75) is 0 Å². The van der Waals surface area contributed by atoms with Gasteiger partial charge in [0.15, 0.2) is 6.61 Å². The molecule has 0 heterocycles. The first kappa shape index (κ1) is 12.9. The van der Waals surface area contributed by atoms with Crippen molar-refractivity contribution in [2.24, 2.45) is 11.5 Å². The molecule has 17 heavy (non-hydrogen) atoms. The van der Waals surface area contributed by atoms with Crippen molar-refractivity contribution in [3.05, 3.63) is 29.8 Å². The van der Waals surface area contributed by atoms with Gasteiger partial charge in [0, 0.05) is 0 Å². The fourth-order valence-corrected chi connectivity index (χ4v) is 1.28. The SMILES string of the molecule is NC(=O)NC(=O)COc1ccccc1C(N)=S. The van der Waals surface area contributed by atoms with E-state index in [4.69, 9.17) is 28.4 Å². The first-order valence-electron chi connectivity index (χ1n) is 4.61. The molecule has 1 aromatic carbocycles. The number of carbonyl (C=O) groups excluding carboxylic acids is 2. The lowest BCUT2D eigenvalue weighted by Crippen LogP contribution is -2.38. The minimum Gasteiger partial charge on any atom is -0.483 e. The summed E-state index contributed by atoms with van der Waals surface area (Å²) in [6.45, 7) is -0.345. The first-order valence-corrected chi connectivity index (χ1v) is 5.02. The number of urea groups is 1. The van der Waals surface area contributed by atoms with E-state index in [1.807, 2.05) is 5.32 Å². The van der Waals surface area contributed by atoms with E-state index in [0.29, 0.717) is 11.3 Å². The number of nitrogens with two attached hydrogens (primary N) is 2. The predicted molar refractivity (Wildman–Crippen MR) is 65.6 cm³/mol. The normalized spacial score (nSPS) is 9.41. The minimum absolute atomic E-state index is 0.163. The molecule has 90 valence electrons. The number of ether oxygens (including phenoxy) is 1.